The Labute approximate surface area is 162 Å². The standard InChI is InChI=1S/C21H28N2O2.ClH/c1-3-16(2)20(22)21(24)23-13-12-17-10-7-11-19(14-17)25-15-18-8-5-4-6-9-18;/h4-11,14,16,20H,3,12-13,15,22H2,1-2H3,(H,23,24);1H. The summed E-state index contributed by atoms with van der Waals surface area (Å²) in [4.78, 5) is 12.0. The van der Waals surface area contributed by atoms with E-state index in [2.05, 4.69) is 5.32 Å². The van der Waals surface area contributed by atoms with Gasteiger partial charge in [-0.25, -0.2) is 0 Å². The molecule has 2 aromatic rings. The van der Waals surface area contributed by atoms with Gasteiger partial charge in [-0.05, 0) is 35.6 Å². The van der Waals surface area contributed by atoms with Crippen molar-refractivity contribution in [1.29, 1.82) is 0 Å². The summed E-state index contributed by atoms with van der Waals surface area (Å²) in [5, 5.41) is 2.92. The number of rotatable bonds is 9. The molecule has 0 aliphatic rings. The minimum Gasteiger partial charge on any atom is -0.489 e. The van der Waals surface area contributed by atoms with Crippen molar-refractivity contribution in [2.75, 3.05) is 6.54 Å². The second-order valence-electron chi connectivity index (χ2n) is 6.37. The summed E-state index contributed by atoms with van der Waals surface area (Å²) in [7, 11) is 0. The highest BCUT2D eigenvalue weighted by molar-refractivity contribution is 5.85. The molecule has 0 aliphatic heterocycles. The zero-order valence-corrected chi connectivity index (χ0v) is 16.3. The fourth-order valence-electron chi connectivity index (χ4n) is 2.49. The molecule has 2 unspecified atom stereocenters. The van der Waals surface area contributed by atoms with E-state index in [1.54, 1.807) is 0 Å². The van der Waals surface area contributed by atoms with Gasteiger partial charge in [-0.2, -0.15) is 0 Å². The lowest BCUT2D eigenvalue weighted by Crippen LogP contribution is -2.45. The Kier molecular flexibility index (Phi) is 9.78. The quantitative estimate of drug-likeness (QED) is 0.701. The lowest BCUT2D eigenvalue weighted by atomic mass is 9.99. The van der Waals surface area contributed by atoms with Crippen LogP contribution in [0.25, 0.3) is 0 Å². The molecule has 3 N–H and O–H groups in total. The first-order chi connectivity index (χ1) is 12.1. The lowest BCUT2D eigenvalue weighted by molar-refractivity contribution is -0.123. The van der Waals surface area contributed by atoms with E-state index >= 15 is 0 Å². The lowest BCUT2D eigenvalue weighted by Gasteiger charge is -2.17. The summed E-state index contributed by atoms with van der Waals surface area (Å²) in [5.74, 6) is 0.949. The number of ether oxygens (including phenoxy) is 1. The van der Waals surface area contributed by atoms with Gasteiger partial charge in [-0.15, -0.1) is 12.4 Å². The third kappa shape index (κ3) is 7.06. The molecule has 26 heavy (non-hydrogen) atoms. The van der Waals surface area contributed by atoms with E-state index in [1.165, 1.54) is 0 Å². The van der Waals surface area contributed by atoms with Gasteiger partial charge in [0.25, 0.3) is 0 Å². The molecule has 0 spiro atoms. The molecule has 0 saturated carbocycles. The number of carbonyl (C=O) groups excluding carboxylic acids is 1. The number of hydrogen-bond acceptors (Lipinski definition) is 3. The van der Waals surface area contributed by atoms with Gasteiger partial charge in [-0.1, -0.05) is 62.7 Å². The van der Waals surface area contributed by atoms with Crippen LogP contribution in [0.15, 0.2) is 54.6 Å². The predicted octanol–water partition coefficient (Wildman–Crippen LogP) is 3.72. The molecule has 0 bridgehead atoms. The van der Waals surface area contributed by atoms with Gasteiger partial charge in [0.15, 0.2) is 0 Å². The second kappa shape index (κ2) is 11.6. The van der Waals surface area contributed by atoms with Crippen LogP contribution in [0.5, 0.6) is 5.75 Å². The van der Waals surface area contributed by atoms with Gasteiger partial charge in [0, 0.05) is 6.54 Å². The van der Waals surface area contributed by atoms with E-state index in [0.29, 0.717) is 13.2 Å². The van der Waals surface area contributed by atoms with Crippen molar-refractivity contribution in [3.8, 4) is 5.75 Å². The van der Waals surface area contributed by atoms with Crippen molar-refractivity contribution in [2.45, 2.75) is 39.3 Å². The average molecular weight is 377 g/mol. The minimum atomic E-state index is -0.439. The molecule has 0 aliphatic carbocycles. The Hall–Kier alpha value is -2.04. The third-order valence-electron chi connectivity index (χ3n) is 4.42. The van der Waals surface area contributed by atoms with Crippen molar-refractivity contribution in [2.24, 2.45) is 11.7 Å². The molecule has 0 heterocycles. The predicted molar refractivity (Wildman–Crippen MR) is 109 cm³/mol. The first kappa shape index (κ1) is 22.0. The van der Waals surface area contributed by atoms with E-state index < -0.39 is 6.04 Å². The normalized spacial score (nSPS) is 12.6. The Morgan fingerprint density at radius 2 is 1.81 bits per heavy atom. The highest BCUT2D eigenvalue weighted by Crippen LogP contribution is 2.15. The second-order valence-corrected chi connectivity index (χ2v) is 6.37. The highest BCUT2D eigenvalue weighted by atomic mass is 35.5. The molecule has 142 valence electrons. The Morgan fingerprint density at radius 1 is 1.12 bits per heavy atom. The van der Waals surface area contributed by atoms with Crippen LogP contribution in [-0.4, -0.2) is 18.5 Å². The number of halogens is 1. The van der Waals surface area contributed by atoms with Crippen molar-refractivity contribution < 1.29 is 9.53 Å². The molecule has 0 saturated heterocycles. The van der Waals surface area contributed by atoms with E-state index in [0.717, 1.165) is 29.7 Å². The smallest absolute Gasteiger partial charge is 0.237 e. The van der Waals surface area contributed by atoms with Crippen LogP contribution in [0.1, 0.15) is 31.4 Å². The van der Waals surface area contributed by atoms with Gasteiger partial charge in [0.1, 0.15) is 12.4 Å². The molecule has 2 aromatic carbocycles. The first-order valence-corrected chi connectivity index (χ1v) is 8.89. The van der Waals surface area contributed by atoms with Gasteiger partial charge in [-0.3, -0.25) is 4.79 Å². The van der Waals surface area contributed by atoms with Crippen LogP contribution in [0, 0.1) is 5.92 Å². The van der Waals surface area contributed by atoms with Gasteiger partial charge in [0.05, 0.1) is 6.04 Å². The number of hydrogen-bond donors (Lipinski definition) is 2. The van der Waals surface area contributed by atoms with Crippen LogP contribution in [-0.2, 0) is 17.8 Å². The zero-order valence-electron chi connectivity index (χ0n) is 15.5. The number of nitrogens with one attached hydrogen (secondary N) is 1. The van der Waals surface area contributed by atoms with Crippen LogP contribution in [0.4, 0.5) is 0 Å². The molecule has 0 aromatic heterocycles. The monoisotopic (exact) mass is 376 g/mol. The molecule has 0 fully saturated rings. The summed E-state index contributed by atoms with van der Waals surface area (Å²) >= 11 is 0. The van der Waals surface area contributed by atoms with Crippen molar-refractivity contribution in [3.63, 3.8) is 0 Å². The Balaban J connectivity index is 0.00000338. The van der Waals surface area contributed by atoms with Crippen LogP contribution in [0.2, 0.25) is 0 Å². The van der Waals surface area contributed by atoms with Crippen molar-refractivity contribution in [1.82, 2.24) is 5.32 Å². The van der Waals surface area contributed by atoms with Gasteiger partial charge >= 0.3 is 0 Å². The molecule has 1 amide bonds. The Morgan fingerprint density at radius 3 is 2.50 bits per heavy atom. The van der Waals surface area contributed by atoms with Gasteiger partial charge < -0.3 is 15.8 Å². The number of nitrogens with two attached hydrogens (primary N) is 1. The molecule has 0 radical (unpaired) electrons. The Bertz CT molecular complexity index is 664. The minimum absolute atomic E-state index is 0. The van der Waals surface area contributed by atoms with E-state index in [1.807, 2.05) is 68.4 Å². The fraction of sp³-hybridized carbons (Fsp3) is 0.381. The van der Waals surface area contributed by atoms with Crippen LogP contribution in [0.3, 0.4) is 0 Å². The van der Waals surface area contributed by atoms with Crippen LogP contribution >= 0.6 is 12.4 Å². The summed E-state index contributed by atoms with van der Waals surface area (Å²) in [6, 6.07) is 17.6. The number of amides is 1. The number of benzene rings is 2. The summed E-state index contributed by atoms with van der Waals surface area (Å²) in [5.41, 5.74) is 8.20. The molecular weight excluding hydrogens is 348 g/mol. The zero-order chi connectivity index (χ0) is 18.1. The van der Waals surface area contributed by atoms with E-state index in [9.17, 15) is 4.79 Å². The third-order valence-corrected chi connectivity index (χ3v) is 4.42. The van der Waals surface area contributed by atoms with Crippen LogP contribution < -0.4 is 15.8 Å². The molecule has 2 rings (SSSR count). The first-order valence-electron chi connectivity index (χ1n) is 8.89. The SMILES string of the molecule is CCC(C)C(N)C(=O)NCCc1cccc(OCc2ccccc2)c1.Cl. The van der Waals surface area contributed by atoms with E-state index in [-0.39, 0.29) is 24.2 Å². The van der Waals surface area contributed by atoms with Gasteiger partial charge in [0.2, 0.25) is 5.91 Å². The average Bonchev–Trinajstić information content (AvgIpc) is 2.66. The maximum Gasteiger partial charge on any atom is 0.237 e. The largest absolute Gasteiger partial charge is 0.489 e. The van der Waals surface area contributed by atoms with Crippen molar-refractivity contribution in [3.05, 3.63) is 65.7 Å². The van der Waals surface area contributed by atoms with E-state index in [4.69, 9.17) is 10.5 Å². The van der Waals surface area contributed by atoms with Crippen molar-refractivity contribution >= 4 is 18.3 Å². The molecule has 2 atom stereocenters. The molecular formula is C21H29ClN2O2. The highest BCUT2D eigenvalue weighted by Gasteiger charge is 2.18. The number of carbonyl (C=O) groups is 1. The summed E-state index contributed by atoms with van der Waals surface area (Å²) in [6.07, 6.45) is 1.65. The summed E-state index contributed by atoms with van der Waals surface area (Å²) in [6.45, 7) is 5.16. The topological polar surface area (TPSA) is 64.4 Å². The fourth-order valence-corrected chi connectivity index (χ4v) is 2.49. The maximum atomic E-state index is 12.0. The maximum absolute atomic E-state index is 12.0. The molecule has 4 nitrogen and oxygen atoms in total. The summed E-state index contributed by atoms with van der Waals surface area (Å²) < 4.78 is 5.84. The molecule has 5 heteroatoms.